The minimum Gasteiger partial charge on any atom is -0.478 e. The molecule has 1 aromatic heterocycles. The van der Waals surface area contributed by atoms with Gasteiger partial charge in [-0.1, -0.05) is 0 Å². The van der Waals surface area contributed by atoms with Crippen LogP contribution in [0.4, 0.5) is 13.2 Å². The first-order chi connectivity index (χ1) is 8.69. The van der Waals surface area contributed by atoms with Gasteiger partial charge in [-0.15, -0.1) is 0 Å². The van der Waals surface area contributed by atoms with Gasteiger partial charge in [0.1, 0.15) is 10.7 Å². The maximum Gasteiger partial charge on any atom is 0.422 e. The molecular weight excluding hydrogens is 291 g/mol. The Morgan fingerprint density at radius 2 is 2.05 bits per heavy atom. The summed E-state index contributed by atoms with van der Waals surface area (Å²) in [6.45, 7) is -1.64. The van der Waals surface area contributed by atoms with E-state index in [2.05, 4.69) is 9.72 Å². The van der Waals surface area contributed by atoms with Gasteiger partial charge in [0, 0.05) is 11.8 Å². The van der Waals surface area contributed by atoms with Crippen molar-refractivity contribution in [3.05, 3.63) is 23.4 Å². The van der Waals surface area contributed by atoms with Crippen LogP contribution >= 0.6 is 0 Å². The third-order valence-corrected chi connectivity index (χ3v) is 2.44. The summed E-state index contributed by atoms with van der Waals surface area (Å²) in [6.07, 6.45) is -3.82. The van der Waals surface area contributed by atoms with E-state index in [1.54, 1.807) is 0 Å². The fourth-order valence-corrected chi connectivity index (χ4v) is 1.65. The van der Waals surface area contributed by atoms with Crippen molar-refractivity contribution < 1.29 is 36.2 Å². The van der Waals surface area contributed by atoms with Gasteiger partial charge in [0.2, 0.25) is 5.88 Å². The summed E-state index contributed by atoms with van der Waals surface area (Å²) < 4.78 is 61.4. The van der Waals surface area contributed by atoms with Crippen LogP contribution in [-0.2, 0) is 16.5 Å². The lowest BCUT2D eigenvalue weighted by Crippen LogP contribution is -2.20. The van der Waals surface area contributed by atoms with E-state index < -0.39 is 41.1 Å². The first-order valence-electron chi connectivity index (χ1n) is 4.72. The Morgan fingerprint density at radius 3 is 2.53 bits per heavy atom. The highest BCUT2D eigenvalue weighted by atomic mass is 32.2. The summed E-state index contributed by atoms with van der Waals surface area (Å²) in [5.74, 6) is -2.59. The Morgan fingerprint density at radius 1 is 1.42 bits per heavy atom. The summed E-state index contributed by atoms with van der Waals surface area (Å²) in [5, 5.41) is 8.68. The predicted molar refractivity (Wildman–Crippen MR) is 56.8 cm³/mol. The van der Waals surface area contributed by atoms with E-state index >= 15 is 0 Å². The van der Waals surface area contributed by atoms with Crippen molar-refractivity contribution in [2.45, 2.75) is 11.9 Å². The highest BCUT2D eigenvalue weighted by Crippen LogP contribution is 2.21. The zero-order valence-electron chi connectivity index (χ0n) is 9.18. The van der Waals surface area contributed by atoms with Crippen molar-refractivity contribution in [3.63, 3.8) is 0 Å². The van der Waals surface area contributed by atoms with Crippen molar-refractivity contribution in [3.8, 4) is 5.88 Å². The Labute approximate surface area is 106 Å². The lowest BCUT2D eigenvalue weighted by molar-refractivity contribution is -0.154. The number of halogens is 3. The van der Waals surface area contributed by atoms with Gasteiger partial charge in [0.15, 0.2) is 6.61 Å². The van der Waals surface area contributed by atoms with Crippen molar-refractivity contribution in [2.75, 3.05) is 6.61 Å². The van der Waals surface area contributed by atoms with Gasteiger partial charge in [0.25, 0.3) is 0 Å². The van der Waals surface area contributed by atoms with Gasteiger partial charge >= 0.3 is 12.1 Å². The number of hydrogen-bond acceptors (Lipinski definition) is 5. The van der Waals surface area contributed by atoms with Gasteiger partial charge in [-0.25, -0.2) is 18.2 Å². The summed E-state index contributed by atoms with van der Waals surface area (Å²) >= 11 is 0. The first kappa shape index (κ1) is 15.2. The first-order valence-corrected chi connectivity index (χ1v) is 6.09. The molecule has 0 saturated heterocycles. The molecule has 0 aliphatic carbocycles. The third-order valence-electron chi connectivity index (χ3n) is 1.84. The van der Waals surface area contributed by atoms with E-state index in [-0.39, 0.29) is 11.1 Å². The topological polar surface area (TPSA) is 93.6 Å². The molecule has 0 saturated carbocycles. The molecule has 0 aliphatic rings. The molecule has 10 heteroatoms. The van der Waals surface area contributed by atoms with Crippen molar-refractivity contribution in [1.82, 2.24) is 4.98 Å². The summed E-state index contributed by atoms with van der Waals surface area (Å²) in [6, 6.07) is 0.909. The van der Waals surface area contributed by atoms with Crippen LogP contribution in [0.3, 0.4) is 0 Å². The normalized spacial score (nSPS) is 11.6. The minimum atomic E-state index is -4.61. The van der Waals surface area contributed by atoms with Gasteiger partial charge in [-0.2, -0.15) is 13.2 Å². The number of aromatic nitrogens is 1. The molecule has 1 heterocycles. The average molecular weight is 299 g/mol. The third kappa shape index (κ3) is 5.12. The van der Waals surface area contributed by atoms with Gasteiger partial charge in [-0.05, 0) is 6.07 Å². The molecule has 1 rings (SSSR count). The zero-order chi connectivity index (χ0) is 14.6. The van der Waals surface area contributed by atoms with Gasteiger partial charge in [0.05, 0.1) is 11.3 Å². The maximum atomic E-state index is 12.0. The standard InChI is InChI=1S/C9H8F3NO5S/c10-9(11,12)4-18-7-6(3-19(16)17)1-5(2-13-7)8(14)15/h1-2,19H,3-4H2,(H,14,15). The molecular formula is C9H8F3NO5S. The van der Waals surface area contributed by atoms with Crippen LogP contribution in [-0.4, -0.2) is 37.3 Å². The number of rotatable bonds is 5. The molecule has 106 valence electrons. The Kier molecular flexibility index (Phi) is 4.70. The van der Waals surface area contributed by atoms with E-state index in [1.165, 1.54) is 0 Å². The Bertz CT molecular complexity index is 547. The maximum absolute atomic E-state index is 12.0. The molecule has 0 bridgehead atoms. The van der Waals surface area contributed by atoms with E-state index in [0.29, 0.717) is 0 Å². The van der Waals surface area contributed by atoms with Crippen LogP contribution < -0.4 is 4.74 Å². The van der Waals surface area contributed by atoms with Crippen LogP contribution in [0.5, 0.6) is 5.88 Å². The highest BCUT2D eigenvalue weighted by Gasteiger charge is 2.29. The lowest BCUT2D eigenvalue weighted by atomic mass is 10.2. The number of carboxylic acids is 1. The van der Waals surface area contributed by atoms with E-state index in [1.807, 2.05) is 0 Å². The van der Waals surface area contributed by atoms with Crippen molar-refractivity contribution in [1.29, 1.82) is 0 Å². The number of nitrogens with zero attached hydrogens (tertiary/aromatic N) is 1. The van der Waals surface area contributed by atoms with Crippen LogP contribution in [0.1, 0.15) is 15.9 Å². The number of carbonyl (C=O) groups is 1. The average Bonchev–Trinajstić information content (AvgIpc) is 2.25. The molecule has 1 N–H and O–H groups in total. The summed E-state index contributed by atoms with van der Waals surface area (Å²) in [4.78, 5) is 14.0. The second kappa shape index (κ2) is 5.87. The SMILES string of the molecule is O=C(O)c1cnc(OCC(F)(F)F)c(C[SH](=O)=O)c1. The number of ether oxygens (including phenoxy) is 1. The largest absolute Gasteiger partial charge is 0.478 e. The molecule has 0 aliphatic heterocycles. The number of alkyl halides is 3. The van der Waals surface area contributed by atoms with Crippen LogP contribution in [0.15, 0.2) is 12.3 Å². The predicted octanol–water partition coefficient (Wildman–Crippen LogP) is 0.832. The molecule has 19 heavy (non-hydrogen) atoms. The fraction of sp³-hybridized carbons (Fsp3) is 0.333. The summed E-state index contributed by atoms with van der Waals surface area (Å²) in [5.41, 5.74) is -0.577. The second-order valence-corrected chi connectivity index (χ2v) is 4.37. The minimum absolute atomic E-state index is 0.236. The molecule has 0 spiro atoms. The van der Waals surface area contributed by atoms with Crippen LogP contribution in [0.25, 0.3) is 0 Å². The van der Waals surface area contributed by atoms with Crippen LogP contribution in [0, 0.1) is 0 Å². The van der Waals surface area contributed by atoms with E-state index in [9.17, 15) is 26.4 Å². The lowest BCUT2D eigenvalue weighted by Gasteiger charge is -2.11. The van der Waals surface area contributed by atoms with E-state index in [4.69, 9.17) is 5.11 Å². The number of aromatic carboxylic acids is 1. The van der Waals surface area contributed by atoms with E-state index in [0.717, 1.165) is 12.3 Å². The molecule has 0 fully saturated rings. The molecule has 1 aromatic rings. The molecule has 0 unspecified atom stereocenters. The number of hydrogen-bond donors (Lipinski definition) is 2. The number of thiol groups is 1. The number of pyridine rings is 1. The quantitative estimate of drug-likeness (QED) is 0.782. The van der Waals surface area contributed by atoms with Crippen molar-refractivity contribution in [2.24, 2.45) is 0 Å². The molecule has 0 radical (unpaired) electrons. The second-order valence-electron chi connectivity index (χ2n) is 3.39. The summed E-state index contributed by atoms with van der Waals surface area (Å²) in [7, 11) is -2.96. The molecule has 0 aromatic carbocycles. The Hall–Kier alpha value is -1.84. The van der Waals surface area contributed by atoms with Gasteiger partial charge in [-0.3, -0.25) is 0 Å². The zero-order valence-corrected chi connectivity index (χ0v) is 10.1. The monoisotopic (exact) mass is 299 g/mol. The van der Waals surface area contributed by atoms with Crippen molar-refractivity contribution >= 4 is 16.7 Å². The molecule has 6 nitrogen and oxygen atoms in total. The fourth-order valence-electron chi connectivity index (χ4n) is 1.15. The van der Waals surface area contributed by atoms with Gasteiger partial charge < -0.3 is 9.84 Å². The number of carboxylic acid groups (broad SMARTS) is 1. The molecule has 0 amide bonds. The van der Waals surface area contributed by atoms with Crippen LogP contribution in [0.2, 0.25) is 0 Å². The smallest absolute Gasteiger partial charge is 0.422 e. The highest BCUT2D eigenvalue weighted by molar-refractivity contribution is 7.71. The Balaban J connectivity index is 3.05. The molecule has 0 atom stereocenters.